The number of hydrogen-bond donors (Lipinski definition) is 1. The Bertz CT molecular complexity index is 1030. The van der Waals surface area contributed by atoms with E-state index in [9.17, 15) is 22.4 Å². The second-order valence-corrected chi connectivity index (χ2v) is 8.79. The Balaban J connectivity index is 1.76. The molecule has 1 amide bonds. The highest BCUT2D eigenvalue weighted by molar-refractivity contribution is 5.89. The van der Waals surface area contributed by atoms with E-state index in [4.69, 9.17) is 9.47 Å². The normalized spacial score (nSPS) is 18.4. The number of carbonyl (C=O) groups excluding carboxylic acids is 1. The molecule has 1 aromatic heterocycles. The molecule has 2 aromatic rings. The number of cyclic esters (lactones) is 1. The molecule has 1 saturated heterocycles. The van der Waals surface area contributed by atoms with Gasteiger partial charge < -0.3 is 19.5 Å². The zero-order valence-corrected chi connectivity index (χ0v) is 19.3. The number of anilines is 2. The molecule has 0 unspecified atom stereocenters. The molecule has 8 nitrogen and oxygen atoms in total. The van der Waals surface area contributed by atoms with Crippen molar-refractivity contribution in [1.29, 1.82) is 0 Å². The lowest BCUT2D eigenvalue weighted by molar-refractivity contribution is -0.275. The molecule has 2 heterocycles. The number of aromatic nitrogens is 2. The highest BCUT2D eigenvalue weighted by atomic mass is 19.4. The van der Waals surface area contributed by atoms with Crippen molar-refractivity contribution in [3.05, 3.63) is 41.8 Å². The van der Waals surface area contributed by atoms with Crippen molar-refractivity contribution in [2.45, 2.75) is 64.8 Å². The summed E-state index contributed by atoms with van der Waals surface area (Å²) in [5.41, 5.74) is -0.0905. The zero-order valence-electron chi connectivity index (χ0n) is 19.3. The maximum Gasteiger partial charge on any atom is 0.573 e. The second kappa shape index (κ2) is 9.61. The van der Waals surface area contributed by atoms with Crippen LogP contribution in [0.2, 0.25) is 0 Å². The van der Waals surface area contributed by atoms with Gasteiger partial charge in [-0.05, 0) is 58.4 Å². The summed E-state index contributed by atoms with van der Waals surface area (Å²) in [6, 6.07) is 3.68. The number of amides is 1. The summed E-state index contributed by atoms with van der Waals surface area (Å²) in [6.07, 6.45) is -4.48. The third-order valence-corrected chi connectivity index (χ3v) is 4.90. The third-order valence-electron chi connectivity index (χ3n) is 4.90. The Morgan fingerprint density at radius 2 is 1.91 bits per heavy atom. The zero-order chi connectivity index (χ0) is 25.3. The van der Waals surface area contributed by atoms with Crippen LogP contribution in [-0.2, 0) is 9.47 Å². The van der Waals surface area contributed by atoms with Crippen LogP contribution in [0.4, 0.5) is 34.1 Å². The quantitative estimate of drug-likeness (QED) is 0.538. The van der Waals surface area contributed by atoms with Crippen molar-refractivity contribution >= 4 is 17.9 Å². The van der Waals surface area contributed by atoms with E-state index in [1.807, 2.05) is 27.7 Å². The first-order valence-electron chi connectivity index (χ1n) is 10.5. The van der Waals surface area contributed by atoms with Gasteiger partial charge in [-0.1, -0.05) is 6.07 Å². The monoisotopic (exact) mass is 486 g/mol. The molecular weight excluding hydrogens is 460 g/mol. The molecule has 1 N–H and O–H groups in total. The SMILES string of the molecule is C[C@H](Nc1nccc(N2C(=O)OC[C@@H]2[C@@H](C)OC(C)(C)C)n1)c1ccc(OC(F)(F)F)c(F)c1. The van der Waals surface area contributed by atoms with Crippen LogP contribution in [0.1, 0.15) is 46.2 Å². The lowest BCUT2D eigenvalue weighted by atomic mass is 10.1. The number of nitrogens with zero attached hydrogens (tertiary/aromatic N) is 3. The van der Waals surface area contributed by atoms with E-state index in [0.717, 1.165) is 12.1 Å². The molecular formula is C22H26F4N4O4. The predicted molar refractivity (Wildman–Crippen MR) is 115 cm³/mol. The van der Waals surface area contributed by atoms with Gasteiger partial charge in [-0.25, -0.2) is 14.2 Å². The van der Waals surface area contributed by atoms with Crippen molar-refractivity contribution in [3.63, 3.8) is 0 Å². The average Bonchev–Trinajstić information content (AvgIpc) is 3.09. The molecule has 12 heteroatoms. The fourth-order valence-electron chi connectivity index (χ4n) is 3.50. The molecule has 0 bridgehead atoms. The summed E-state index contributed by atoms with van der Waals surface area (Å²) in [5, 5.41) is 2.95. The van der Waals surface area contributed by atoms with Gasteiger partial charge in [0.1, 0.15) is 18.5 Å². The minimum Gasteiger partial charge on any atom is -0.447 e. The number of carbonyl (C=O) groups is 1. The second-order valence-electron chi connectivity index (χ2n) is 8.79. The molecule has 0 saturated carbocycles. The molecule has 0 radical (unpaired) electrons. The highest BCUT2D eigenvalue weighted by Gasteiger charge is 2.40. The van der Waals surface area contributed by atoms with E-state index in [1.54, 1.807) is 13.0 Å². The van der Waals surface area contributed by atoms with Crippen LogP contribution in [0.15, 0.2) is 30.5 Å². The van der Waals surface area contributed by atoms with Gasteiger partial charge in [0.25, 0.3) is 0 Å². The van der Waals surface area contributed by atoms with Crippen molar-refractivity contribution < 1.29 is 36.6 Å². The van der Waals surface area contributed by atoms with Gasteiger partial charge in [-0.15, -0.1) is 13.2 Å². The van der Waals surface area contributed by atoms with Crippen molar-refractivity contribution in [3.8, 4) is 5.75 Å². The molecule has 0 spiro atoms. The summed E-state index contributed by atoms with van der Waals surface area (Å²) in [5.74, 6) is -1.67. The number of ether oxygens (including phenoxy) is 3. The van der Waals surface area contributed by atoms with E-state index in [1.165, 1.54) is 17.2 Å². The number of rotatable bonds is 7. The average molecular weight is 486 g/mol. The minimum absolute atomic E-state index is 0.129. The van der Waals surface area contributed by atoms with Crippen LogP contribution < -0.4 is 15.0 Å². The van der Waals surface area contributed by atoms with E-state index in [2.05, 4.69) is 20.0 Å². The Kier molecular flexibility index (Phi) is 7.20. The number of benzene rings is 1. The fraction of sp³-hybridized carbons (Fsp3) is 0.500. The minimum atomic E-state index is -5.00. The van der Waals surface area contributed by atoms with Crippen LogP contribution in [0.5, 0.6) is 5.75 Å². The van der Waals surface area contributed by atoms with Gasteiger partial charge in [0.05, 0.1) is 17.7 Å². The summed E-state index contributed by atoms with van der Waals surface area (Å²) in [6.45, 7) is 9.35. The van der Waals surface area contributed by atoms with Gasteiger partial charge in [0, 0.05) is 6.20 Å². The molecule has 1 fully saturated rings. The summed E-state index contributed by atoms with van der Waals surface area (Å²) >= 11 is 0. The topological polar surface area (TPSA) is 85.8 Å². The van der Waals surface area contributed by atoms with Crippen LogP contribution in [-0.4, -0.2) is 46.8 Å². The lowest BCUT2D eigenvalue weighted by Crippen LogP contribution is -2.45. The number of alkyl halides is 3. The molecule has 34 heavy (non-hydrogen) atoms. The Morgan fingerprint density at radius 3 is 2.53 bits per heavy atom. The Morgan fingerprint density at radius 1 is 1.21 bits per heavy atom. The smallest absolute Gasteiger partial charge is 0.447 e. The molecule has 3 rings (SSSR count). The highest BCUT2D eigenvalue weighted by Crippen LogP contribution is 2.30. The number of nitrogens with one attached hydrogen (secondary N) is 1. The number of halogens is 4. The van der Waals surface area contributed by atoms with E-state index in [0.29, 0.717) is 5.56 Å². The van der Waals surface area contributed by atoms with Crippen molar-refractivity contribution in [2.24, 2.45) is 0 Å². The van der Waals surface area contributed by atoms with Gasteiger partial charge in [-0.2, -0.15) is 4.98 Å². The first-order valence-corrected chi connectivity index (χ1v) is 10.5. The van der Waals surface area contributed by atoms with Gasteiger partial charge in [-0.3, -0.25) is 4.90 Å². The summed E-state index contributed by atoms with van der Waals surface area (Å²) in [7, 11) is 0. The van der Waals surface area contributed by atoms with E-state index in [-0.39, 0.29) is 24.5 Å². The molecule has 1 aromatic carbocycles. The molecule has 186 valence electrons. The van der Waals surface area contributed by atoms with Gasteiger partial charge in [0.2, 0.25) is 5.95 Å². The van der Waals surface area contributed by atoms with E-state index >= 15 is 0 Å². The number of hydrogen-bond acceptors (Lipinski definition) is 7. The van der Waals surface area contributed by atoms with Gasteiger partial charge >= 0.3 is 12.5 Å². The third kappa shape index (κ3) is 6.46. The standard InChI is InChI=1S/C22H26F4N4O4/c1-12(14-6-7-17(15(23)10-14)34-22(24,25)26)28-19-27-9-8-18(29-19)30-16(11-32-20(30)31)13(2)33-21(3,4)5/h6-10,12-13,16H,11H2,1-5H3,(H,27,28,29)/t12-,13+,16+/m0/s1. The predicted octanol–water partition coefficient (Wildman–Crippen LogP) is 5.22. The fourth-order valence-corrected chi connectivity index (χ4v) is 3.50. The van der Waals surface area contributed by atoms with Gasteiger partial charge in [0.15, 0.2) is 11.6 Å². The van der Waals surface area contributed by atoms with Crippen LogP contribution in [0.3, 0.4) is 0 Å². The Labute approximate surface area is 194 Å². The Hall–Kier alpha value is -3.15. The van der Waals surface area contributed by atoms with Crippen LogP contribution in [0, 0.1) is 5.82 Å². The van der Waals surface area contributed by atoms with Crippen molar-refractivity contribution in [1.82, 2.24) is 9.97 Å². The first kappa shape index (κ1) is 25.5. The summed E-state index contributed by atoms with van der Waals surface area (Å²) in [4.78, 5) is 22.3. The largest absolute Gasteiger partial charge is 0.573 e. The van der Waals surface area contributed by atoms with E-state index < -0.39 is 41.7 Å². The molecule has 1 aliphatic rings. The maximum atomic E-state index is 14.1. The molecule has 3 atom stereocenters. The maximum absolute atomic E-state index is 14.1. The van der Waals surface area contributed by atoms with Crippen LogP contribution >= 0.6 is 0 Å². The first-order chi connectivity index (χ1) is 15.7. The summed E-state index contributed by atoms with van der Waals surface area (Å²) < 4.78 is 66.0. The lowest BCUT2D eigenvalue weighted by Gasteiger charge is -2.31. The van der Waals surface area contributed by atoms with Crippen LogP contribution in [0.25, 0.3) is 0 Å². The molecule has 1 aliphatic heterocycles. The van der Waals surface area contributed by atoms with Crippen molar-refractivity contribution in [2.75, 3.05) is 16.8 Å². The molecule has 0 aliphatic carbocycles.